The molecular formula is C15H15N3. The largest absolute Gasteiger partial charge is 0.399 e. The fourth-order valence-electron chi connectivity index (χ4n) is 1.82. The molecule has 90 valence electrons. The molecule has 0 saturated heterocycles. The van der Waals surface area contributed by atoms with E-state index in [4.69, 9.17) is 11.0 Å². The Bertz CT molecular complexity index is 559. The number of rotatable bonds is 3. The first-order valence-corrected chi connectivity index (χ1v) is 5.77. The first kappa shape index (κ1) is 12.0. The Morgan fingerprint density at radius 3 is 2.50 bits per heavy atom. The SMILES string of the molecule is Cc1cc(N)cc(NCc2ccc(C#N)cc2)c1. The standard InChI is InChI=1S/C15H15N3/c1-11-6-14(17)8-15(7-11)18-10-13-4-2-12(9-16)3-5-13/h2-8,18H,10,17H2,1H3. The summed E-state index contributed by atoms with van der Waals surface area (Å²) in [6.07, 6.45) is 0. The molecule has 3 N–H and O–H groups in total. The minimum Gasteiger partial charge on any atom is -0.399 e. The summed E-state index contributed by atoms with van der Waals surface area (Å²) in [4.78, 5) is 0. The quantitative estimate of drug-likeness (QED) is 0.806. The molecule has 18 heavy (non-hydrogen) atoms. The van der Waals surface area contributed by atoms with Gasteiger partial charge in [-0.15, -0.1) is 0 Å². The predicted molar refractivity (Wildman–Crippen MR) is 74.1 cm³/mol. The summed E-state index contributed by atoms with van der Waals surface area (Å²) in [6, 6.07) is 15.6. The summed E-state index contributed by atoms with van der Waals surface area (Å²) in [5, 5.41) is 12.0. The van der Waals surface area contributed by atoms with E-state index in [1.165, 1.54) is 0 Å². The number of benzene rings is 2. The van der Waals surface area contributed by atoms with Crippen LogP contribution in [0.3, 0.4) is 0 Å². The molecule has 3 nitrogen and oxygen atoms in total. The van der Waals surface area contributed by atoms with Crippen LogP contribution < -0.4 is 11.1 Å². The molecule has 0 aromatic heterocycles. The molecule has 0 atom stereocenters. The van der Waals surface area contributed by atoms with Crippen molar-refractivity contribution in [3.8, 4) is 6.07 Å². The Morgan fingerprint density at radius 1 is 1.17 bits per heavy atom. The molecule has 0 unspecified atom stereocenters. The maximum Gasteiger partial charge on any atom is 0.0991 e. The first-order chi connectivity index (χ1) is 8.67. The minimum atomic E-state index is 0.679. The van der Waals surface area contributed by atoms with Crippen LogP contribution in [0.5, 0.6) is 0 Å². The van der Waals surface area contributed by atoms with Gasteiger partial charge in [-0.2, -0.15) is 5.26 Å². The molecule has 0 heterocycles. The van der Waals surface area contributed by atoms with Crippen molar-refractivity contribution >= 4 is 11.4 Å². The van der Waals surface area contributed by atoms with Crippen LogP contribution in [-0.4, -0.2) is 0 Å². The molecule has 2 rings (SSSR count). The zero-order valence-corrected chi connectivity index (χ0v) is 10.3. The summed E-state index contributed by atoms with van der Waals surface area (Å²) in [7, 11) is 0. The number of anilines is 2. The molecule has 0 aliphatic carbocycles. The van der Waals surface area contributed by atoms with Crippen LogP contribution in [0, 0.1) is 18.3 Å². The van der Waals surface area contributed by atoms with Gasteiger partial charge in [0.2, 0.25) is 0 Å². The molecule has 0 aliphatic heterocycles. The van der Waals surface area contributed by atoms with Gasteiger partial charge < -0.3 is 11.1 Å². The molecule has 0 aliphatic rings. The van der Waals surface area contributed by atoms with Crippen LogP contribution in [0.15, 0.2) is 42.5 Å². The van der Waals surface area contributed by atoms with Crippen LogP contribution in [0.4, 0.5) is 11.4 Å². The highest BCUT2D eigenvalue weighted by molar-refractivity contribution is 5.56. The maximum atomic E-state index is 8.72. The highest BCUT2D eigenvalue weighted by Gasteiger charge is 1.97. The lowest BCUT2D eigenvalue weighted by atomic mass is 10.1. The third-order valence-corrected chi connectivity index (χ3v) is 2.68. The smallest absolute Gasteiger partial charge is 0.0991 e. The second-order valence-electron chi connectivity index (χ2n) is 4.29. The molecule has 2 aromatic rings. The lowest BCUT2D eigenvalue weighted by Crippen LogP contribution is -2.00. The number of nitrogens with zero attached hydrogens (tertiary/aromatic N) is 1. The summed E-state index contributed by atoms with van der Waals surface area (Å²) in [5.74, 6) is 0. The van der Waals surface area contributed by atoms with Crippen molar-refractivity contribution in [1.82, 2.24) is 0 Å². The molecule has 0 fully saturated rings. The Morgan fingerprint density at radius 2 is 1.89 bits per heavy atom. The topological polar surface area (TPSA) is 61.8 Å². The normalized spacial score (nSPS) is 9.78. The Balaban J connectivity index is 2.04. The first-order valence-electron chi connectivity index (χ1n) is 5.77. The van der Waals surface area contributed by atoms with Gasteiger partial charge in [0.25, 0.3) is 0 Å². The zero-order valence-electron chi connectivity index (χ0n) is 10.3. The van der Waals surface area contributed by atoms with Crippen LogP contribution in [0.25, 0.3) is 0 Å². The van der Waals surface area contributed by atoms with Gasteiger partial charge in [-0.3, -0.25) is 0 Å². The van der Waals surface area contributed by atoms with Crippen molar-refractivity contribution in [2.24, 2.45) is 0 Å². The number of hydrogen-bond donors (Lipinski definition) is 2. The predicted octanol–water partition coefficient (Wildman–Crippen LogP) is 3.06. The number of nitrogens with one attached hydrogen (secondary N) is 1. The summed E-state index contributed by atoms with van der Waals surface area (Å²) in [6.45, 7) is 2.73. The maximum absolute atomic E-state index is 8.72. The molecule has 0 saturated carbocycles. The highest BCUT2D eigenvalue weighted by Crippen LogP contribution is 2.16. The zero-order chi connectivity index (χ0) is 13.0. The van der Waals surface area contributed by atoms with Gasteiger partial charge in [-0.05, 0) is 48.4 Å². The van der Waals surface area contributed by atoms with E-state index in [-0.39, 0.29) is 0 Å². The van der Waals surface area contributed by atoms with E-state index in [1.807, 2.05) is 43.3 Å². The number of nitrogen functional groups attached to an aromatic ring is 1. The monoisotopic (exact) mass is 237 g/mol. The number of hydrogen-bond acceptors (Lipinski definition) is 3. The van der Waals surface area contributed by atoms with E-state index in [0.717, 1.165) is 22.5 Å². The second-order valence-corrected chi connectivity index (χ2v) is 4.29. The highest BCUT2D eigenvalue weighted by atomic mass is 14.9. The van der Waals surface area contributed by atoms with Crippen LogP contribution in [-0.2, 0) is 6.54 Å². The third-order valence-electron chi connectivity index (χ3n) is 2.68. The molecule has 2 aromatic carbocycles. The van der Waals surface area contributed by atoms with E-state index in [0.29, 0.717) is 12.1 Å². The fourth-order valence-corrected chi connectivity index (χ4v) is 1.82. The average Bonchev–Trinajstić information content (AvgIpc) is 2.36. The Kier molecular flexibility index (Phi) is 3.49. The van der Waals surface area contributed by atoms with Gasteiger partial charge in [0, 0.05) is 17.9 Å². The van der Waals surface area contributed by atoms with Crippen molar-refractivity contribution < 1.29 is 0 Å². The Hall–Kier alpha value is -2.47. The fraction of sp³-hybridized carbons (Fsp3) is 0.133. The number of nitriles is 1. The van der Waals surface area contributed by atoms with Gasteiger partial charge in [-0.25, -0.2) is 0 Å². The van der Waals surface area contributed by atoms with E-state index in [2.05, 4.69) is 17.5 Å². The molecule has 3 heteroatoms. The van der Waals surface area contributed by atoms with E-state index in [9.17, 15) is 0 Å². The van der Waals surface area contributed by atoms with Crippen molar-refractivity contribution in [2.75, 3.05) is 11.1 Å². The summed E-state index contributed by atoms with van der Waals surface area (Å²) < 4.78 is 0. The van der Waals surface area contributed by atoms with E-state index < -0.39 is 0 Å². The van der Waals surface area contributed by atoms with Crippen LogP contribution in [0.2, 0.25) is 0 Å². The van der Waals surface area contributed by atoms with E-state index in [1.54, 1.807) is 0 Å². The lowest BCUT2D eigenvalue weighted by molar-refractivity contribution is 1.15. The Labute approximate surface area is 107 Å². The second kappa shape index (κ2) is 5.24. The van der Waals surface area contributed by atoms with Crippen molar-refractivity contribution in [1.29, 1.82) is 5.26 Å². The number of nitrogens with two attached hydrogens (primary N) is 1. The lowest BCUT2D eigenvalue weighted by Gasteiger charge is -2.08. The van der Waals surface area contributed by atoms with Gasteiger partial charge in [0.1, 0.15) is 0 Å². The molecular weight excluding hydrogens is 222 g/mol. The van der Waals surface area contributed by atoms with Crippen LogP contribution >= 0.6 is 0 Å². The summed E-state index contributed by atoms with van der Waals surface area (Å²) >= 11 is 0. The van der Waals surface area contributed by atoms with Gasteiger partial charge in [-0.1, -0.05) is 12.1 Å². The molecule has 0 radical (unpaired) electrons. The van der Waals surface area contributed by atoms with Crippen molar-refractivity contribution in [3.63, 3.8) is 0 Å². The molecule has 0 bridgehead atoms. The molecule has 0 amide bonds. The average molecular weight is 237 g/mol. The van der Waals surface area contributed by atoms with Gasteiger partial charge >= 0.3 is 0 Å². The molecule has 0 spiro atoms. The van der Waals surface area contributed by atoms with Gasteiger partial charge in [0.15, 0.2) is 0 Å². The van der Waals surface area contributed by atoms with Crippen molar-refractivity contribution in [3.05, 3.63) is 59.2 Å². The van der Waals surface area contributed by atoms with Gasteiger partial charge in [0.05, 0.1) is 11.6 Å². The van der Waals surface area contributed by atoms with Crippen molar-refractivity contribution in [2.45, 2.75) is 13.5 Å². The minimum absolute atomic E-state index is 0.679. The van der Waals surface area contributed by atoms with Crippen LogP contribution in [0.1, 0.15) is 16.7 Å². The number of aryl methyl sites for hydroxylation is 1. The van der Waals surface area contributed by atoms with E-state index >= 15 is 0 Å². The summed E-state index contributed by atoms with van der Waals surface area (Å²) in [5.41, 5.74) is 10.5. The third kappa shape index (κ3) is 3.02.